The third kappa shape index (κ3) is 4.72. The number of anilines is 1. The molecule has 1 aromatic heterocycles. The van der Waals surface area contributed by atoms with E-state index in [0.717, 1.165) is 5.56 Å². The fourth-order valence-corrected chi connectivity index (χ4v) is 4.15. The van der Waals surface area contributed by atoms with Crippen LogP contribution in [0.15, 0.2) is 48.5 Å². The topological polar surface area (TPSA) is 87.5 Å². The predicted octanol–water partition coefficient (Wildman–Crippen LogP) is 4.76. The third-order valence-corrected chi connectivity index (χ3v) is 5.81. The van der Waals surface area contributed by atoms with Crippen molar-refractivity contribution in [3.63, 3.8) is 0 Å². The van der Waals surface area contributed by atoms with Crippen molar-refractivity contribution in [2.75, 3.05) is 11.4 Å². The van der Waals surface area contributed by atoms with Crippen molar-refractivity contribution < 1.29 is 27.9 Å². The Morgan fingerprint density at radius 3 is 2.50 bits per heavy atom. The van der Waals surface area contributed by atoms with E-state index in [2.05, 4.69) is 10.4 Å². The number of halogens is 4. The molecule has 0 saturated heterocycles. The second-order valence-electron chi connectivity index (χ2n) is 7.94. The number of nitrogens with zero attached hydrogens (tertiary/aromatic N) is 3. The minimum atomic E-state index is -4.82. The van der Waals surface area contributed by atoms with Gasteiger partial charge in [0.25, 0.3) is 5.91 Å². The second kappa shape index (κ2) is 9.02. The fraction of sp³-hybridized carbons (Fsp3) is 0.261. The highest BCUT2D eigenvalue weighted by Gasteiger charge is 2.44. The summed E-state index contributed by atoms with van der Waals surface area (Å²) >= 11 is 6.04. The van der Waals surface area contributed by atoms with Gasteiger partial charge in [-0.3, -0.25) is 4.79 Å². The average molecular weight is 493 g/mol. The van der Waals surface area contributed by atoms with Gasteiger partial charge in [-0.05, 0) is 42.3 Å². The summed E-state index contributed by atoms with van der Waals surface area (Å²) < 4.78 is 42.6. The van der Waals surface area contributed by atoms with Gasteiger partial charge in [-0.15, -0.1) is 0 Å². The minimum Gasteiger partial charge on any atom is -0.478 e. The Labute approximate surface area is 197 Å². The van der Waals surface area contributed by atoms with E-state index in [1.54, 1.807) is 36.1 Å². The van der Waals surface area contributed by atoms with Crippen LogP contribution in [0, 0.1) is 0 Å². The summed E-state index contributed by atoms with van der Waals surface area (Å²) in [7, 11) is 0. The molecule has 4 rings (SSSR count). The van der Waals surface area contributed by atoms with Crippen molar-refractivity contribution in [1.82, 2.24) is 15.1 Å². The van der Waals surface area contributed by atoms with Gasteiger partial charge in [0.15, 0.2) is 5.69 Å². The molecule has 2 N–H and O–H groups in total. The van der Waals surface area contributed by atoms with Crippen LogP contribution < -0.4 is 10.2 Å². The average Bonchev–Trinajstić information content (AvgIpc) is 3.34. The molecular weight excluding hydrogens is 473 g/mol. The molecule has 7 nitrogen and oxygen atoms in total. The van der Waals surface area contributed by atoms with Crippen molar-refractivity contribution in [1.29, 1.82) is 0 Å². The highest BCUT2D eigenvalue weighted by molar-refractivity contribution is 6.30. The highest BCUT2D eigenvalue weighted by Crippen LogP contribution is 2.38. The van der Waals surface area contributed by atoms with Crippen LogP contribution in [0.1, 0.15) is 50.5 Å². The van der Waals surface area contributed by atoms with Crippen LogP contribution in [-0.2, 0) is 19.3 Å². The van der Waals surface area contributed by atoms with E-state index in [9.17, 15) is 22.8 Å². The number of aromatic carboxylic acids is 1. The summed E-state index contributed by atoms with van der Waals surface area (Å²) in [5.41, 5.74) is -0.390. The van der Waals surface area contributed by atoms with Crippen molar-refractivity contribution in [3.8, 4) is 0 Å². The zero-order valence-corrected chi connectivity index (χ0v) is 18.7. The van der Waals surface area contributed by atoms with E-state index < -0.39 is 35.4 Å². The number of hydrogen-bond donors (Lipinski definition) is 2. The van der Waals surface area contributed by atoms with Gasteiger partial charge < -0.3 is 15.3 Å². The molecule has 11 heteroatoms. The molecule has 34 heavy (non-hydrogen) atoms. The minimum absolute atomic E-state index is 0.0627. The van der Waals surface area contributed by atoms with Gasteiger partial charge in [0.1, 0.15) is 11.4 Å². The van der Waals surface area contributed by atoms with Crippen molar-refractivity contribution in [2.24, 2.45) is 0 Å². The number of carbonyl (C=O) groups excluding carboxylic acids is 1. The predicted molar refractivity (Wildman–Crippen MR) is 119 cm³/mol. The summed E-state index contributed by atoms with van der Waals surface area (Å²) in [6, 6.07) is 12.0. The number of rotatable bonds is 6. The number of fused-ring (bicyclic) bond motifs is 1. The fourth-order valence-electron chi connectivity index (χ4n) is 3.94. The molecule has 2 aromatic carbocycles. The smallest absolute Gasteiger partial charge is 0.436 e. The lowest BCUT2D eigenvalue weighted by Crippen LogP contribution is -2.31. The maximum Gasteiger partial charge on any atom is 0.436 e. The lowest BCUT2D eigenvalue weighted by atomic mass is 10.1. The number of carbonyl (C=O) groups is 2. The summed E-state index contributed by atoms with van der Waals surface area (Å²) in [6.07, 6.45) is -4.82. The quantitative estimate of drug-likeness (QED) is 0.518. The molecule has 2 heterocycles. The van der Waals surface area contributed by atoms with Crippen LogP contribution in [0.5, 0.6) is 0 Å². The molecule has 1 aliphatic rings. The zero-order valence-electron chi connectivity index (χ0n) is 17.9. The van der Waals surface area contributed by atoms with E-state index in [1.807, 2.05) is 0 Å². The van der Waals surface area contributed by atoms with Gasteiger partial charge in [-0.25, -0.2) is 9.48 Å². The van der Waals surface area contributed by atoms with Crippen LogP contribution >= 0.6 is 11.6 Å². The van der Waals surface area contributed by atoms with E-state index >= 15 is 0 Å². The molecule has 1 aliphatic heterocycles. The van der Waals surface area contributed by atoms with Gasteiger partial charge in [0.05, 0.1) is 18.2 Å². The summed E-state index contributed by atoms with van der Waals surface area (Å²) in [4.78, 5) is 25.9. The molecule has 0 aliphatic carbocycles. The van der Waals surface area contributed by atoms with Gasteiger partial charge in [0, 0.05) is 18.1 Å². The summed E-state index contributed by atoms with van der Waals surface area (Å²) in [5, 5.41) is 15.8. The Morgan fingerprint density at radius 2 is 1.88 bits per heavy atom. The lowest BCUT2D eigenvalue weighted by Gasteiger charge is -2.21. The van der Waals surface area contributed by atoms with Crippen molar-refractivity contribution in [3.05, 3.63) is 81.5 Å². The number of amides is 1. The molecule has 0 bridgehead atoms. The first kappa shape index (κ1) is 23.6. The molecular formula is C23H20ClF3N4O3. The Kier molecular flexibility index (Phi) is 6.26. The zero-order chi connectivity index (χ0) is 24.6. The first-order valence-corrected chi connectivity index (χ1v) is 10.7. The molecule has 0 saturated carbocycles. The normalized spacial score (nSPS) is 14.1. The molecule has 0 fully saturated rings. The highest BCUT2D eigenvalue weighted by atomic mass is 35.5. The standard InChI is InChI=1S/C23H20ClF3N4O3/c1-13(15-5-7-16(8-6-15)22(33)34)28-20(32)18-19(23(25,26)27)29-31-10-9-30(21(18)31)12-14-3-2-4-17(24)11-14/h2-8,11,13H,9-10,12H2,1H3,(H,28,32)(H,33,34). The summed E-state index contributed by atoms with van der Waals surface area (Å²) in [6.45, 7) is 2.46. The van der Waals surface area contributed by atoms with Crippen molar-refractivity contribution >= 4 is 29.3 Å². The number of nitrogens with one attached hydrogen (secondary N) is 1. The van der Waals surface area contributed by atoms with E-state index in [4.69, 9.17) is 16.7 Å². The van der Waals surface area contributed by atoms with Crippen LogP contribution in [-0.4, -0.2) is 33.3 Å². The Bertz CT molecular complexity index is 1240. The Hall–Kier alpha value is -3.53. The first-order valence-electron chi connectivity index (χ1n) is 10.4. The molecule has 0 radical (unpaired) electrons. The number of alkyl halides is 3. The largest absolute Gasteiger partial charge is 0.478 e. The number of carboxylic acids is 1. The molecule has 178 valence electrons. The van der Waals surface area contributed by atoms with Crippen molar-refractivity contribution in [2.45, 2.75) is 32.2 Å². The number of benzene rings is 2. The van der Waals surface area contributed by atoms with Gasteiger partial charge in [0.2, 0.25) is 0 Å². The van der Waals surface area contributed by atoms with E-state index in [-0.39, 0.29) is 24.5 Å². The molecule has 1 amide bonds. The number of aromatic nitrogens is 2. The third-order valence-electron chi connectivity index (χ3n) is 5.57. The Morgan fingerprint density at radius 1 is 1.18 bits per heavy atom. The molecule has 3 aromatic rings. The maximum atomic E-state index is 13.8. The lowest BCUT2D eigenvalue weighted by molar-refractivity contribution is -0.141. The van der Waals surface area contributed by atoms with Crippen LogP contribution in [0.25, 0.3) is 0 Å². The van der Waals surface area contributed by atoms with Crippen LogP contribution in [0.3, 0.4) is 0 Å². The van der Waals surface area contributed by atoms with Crippen LogP contribution in [0.2, 0.25) is 5.02 Å². The monoisotopic (exact) mass is 492 g/mol. The maximum absolute atomic E-state index is 13.8. The molecule has 0 spiro atoms. The first-order chi connectivity index (χ1) is 16.0. The number of hydrogen-bond acceptors (Lipinski definition) is 4. The molecule has 1 atom stereocenters. The molecule has 1 unspecified atom stereocenters. The second-order valence-corrected chi connectivity index (χ2v) is 8.38. The van der Waals surface area contributed by atoms with Crippen LogP contribution in [0.4, 0.5) is 19.0 Å². The summed E-state index contributed by atoms with van der Waals surface area (Å²) in [5.74, 6) is -1.92. The SMILES string of the molecule is CC(NC(=O)c1c(C(F)(F)F)nn2c1N(Cc1cccc(Cl)c1)CC2)c1ccc(C(=O)O)cc1. The van der Waals surface area contributed by atoms with E-state index in [1.165, 1.54) is 28.9 Å². The number of carboxylic acid groups (broad SMARTS) is 1. The Balaban J connectivity index is 1.65. The van der Waals surface area contributed by atoms with Gasteiger partial charge >= 0.3 is 12.1 Å². The van der Waals surface area contributed by atoms with E-state index in [0.29, 0.717) is 17.1 Å². The van der Waals surface area contributed by atoms with Gasteiger partial charge in [-0.1, -0.05) is 35.9 Å². The van der Waals surface area contributed by atoms with Gasteiger partial charge in [-0.2, -0.15) is 18.3 Å².